The first-order valence-electron chi connectivity index (χ1n) is 8.74. The molecule has 0 atom stereocenters. The minimum Gasteiger partial charge on any atom is -0.399 e. The molecule has 2 rings (SSSR count). The van der Waals surface area contributed by atoms with E-state index in [9.17, 15) is 0 Å². The Hall–Kier alpha value is -2.29. The summed E-state index contributed by atoms with van der Waals surface area (Å²) in [6.45, 7) is 6.38. The Balaban J connectivity index is 2.24. The van der Waals surface area contributed by atoms with Crippen molar-refractivity contribution in [2.75, 3.05) is 11.5 Å². The Kier molecular flexibility index (Phi) is 6.02. The van der Waals surface area contributed by atoms with Crippen molar-refractivity contribution in [1.82, 2.24) is 0 Å². The SMILES string of the molecule is CCCCCC(=N)c1cc(Cc2c(C)cc(N)cc2C)ccc1N. The molecule has 3 nitrogen and oxygen atoms in total. The van der Waals surface area contributed by atoms with Gasteiger partial charge >= 0.3 is 0 Å². The molecule has 0 aromatic heterocycles. The maximum absolute atomic E-state index is 8.34. The van der Waals surface area contributed by atoms with Crippen LogP contribution < -0.4 is 11.5 Å². The molecule has 24 heavy (non-hydrogen) atoms. The van der Waals surface area contributed by atoms with Crippen LogP contribution >= 0.6 is 0 Å². The third kappa shape index (κ3) is 4.38. The number of aryl methyl sites for hydroxylation is 2. The molecule has 3 heteroatoms. The zero-order valence-electron chi connectivity index (χ0n) is 15.1. The predicted molar refractivity (Wildman–Crippen MR) is 105 cm³/mol. The van der Waals surface area contributed by atoms with E-state index >= 15 is 0 Å². The molecule has 0 amide bonds. The minimum atomic E-state index is 0.647. The number of hydrogen-bond donors (Lipinski definition) is 3. The van der Waals surface area contributed by atoms with Crippen molar-refractivity contribution in [2.24, 2.45) is 0 Å². The van der Waals surface area contributed by atoms with Crippen molar-refractivity contribution in [3.63, 3.8) is 0 Å². The molecule has 5 N–H and O–H groups in total. The van der Waals surface area contributed by atoms with Crippen molar-refractivity contribution in [1.29, 1.82) is 5.41 Å². The third-order valence-electron chi connectivity index (χ3n) is 4.57. The molecule has 0 radical (unpaired) electrons. The van der Waals surface area contributed by atoms with Gasteiger partial charge in [0.05, 0.1) is 0 Å². The van der Waals surface area contributed by atoms with Crippen molar-refractivity contribution >= 4 is 17.1 Å². The van der Waals surface area contributed by atoms with E-state index in [1.54, 1.807) is 0 Å². The smallest absolute Gasteiger partial charge is 0.0406 e. The maximum Gasteiger partial charge on any atom is 0.0406 e. The third-order valence-corrected chi connectivity index (χ3v) is 4.57. The van der Waals surface area contributed by atoms with Crippen molar-refractivity contribution in [3.8, 4) is 0 Å². The fourth-order valence-corrected chi connectivity index (χ4v) is 3.17. The molecule has 0 aliphatic rings. The lowest BCUT2D eigenvalue weighted by molar-refractivity contribution is 0.741. The van der Waals surface area contributed by atoms with Crippen LogP contribution in [0.5, 0.6) is 0 Å². The van der Waals surface area contributed by atoms with E-state index in [1.807, 2.05) is 18.2 Å². The molecule has 0 saturated carbocycles. The number of nitrogens with two attached hydrogens (primary N) is 2. The van der Waals surface area contributed by atoms with E-state index in [2.05, 4.69) is 32.9 Å². The molecule has 0 spiro atoms. The summed E-state index contributed by atoms with van der Waals surface area (Å²) in [5, 5.41) is 8.34. The second kappa shape index (κ2) is 8.00. The molecule has 128 valence electrons. The van der Waals surface area contributed by atoms with E-state index in [0.29, 0.717) is 11.4 Å². The van der Waals surface area contributed by atoms with Gasteiger partial charge in [-0.2, -0.15) is 0 Å². The highest BCUT2D eigenvalue weighted by atomic mass is 14.6. The fraction of sp³-hybridized carbons (Fsp3) is 0.381. The Morgan fingerprint density at radius 2 is 1.67 bits per heavy atom. The summed E-state index contributed by atoms with van der Waals surface area (Å²) in [6, 6.07) is 10.1. The number of rotatable bonds is 7. The average molecular weight is 323 g/mol. The van der Waals surface area contributed by atoms with Gasteiger partial charge in [0.25, 0.3) is 0 Å². The van der Waals surface area contributed by atoms with Crippen LogP contribution in [-0.2, 0) is 6.42 Å². The summed E-state index contributed by atoms with van der Waals surface area (Å²) in [5.41, 5.74) is 20.0. The summed E-state index contributed by atoms with van der Waals surface area (Å²) >= 11 is 0. The first kappa shape index (κ1) is 18.1. The molecular formula is C21H29N3. The Morgan fingerprint density at radius 3 is 2.29 bits per heavy atom. The molecular weight excluding hydrogens is 294 g/mol. The lowest BCUT2D eigenvalue weighted by Gasteiger charge is -2.14. The molecule has 0 aliphatic carbocycles. The molecule has 0 aliphatic heterocycles. The highest BCUT2D eigenvalue weighted by Crippen LogP contribution is 2.24. The van der Waals surface area contributed by atoms with Gasteiger partial charge in [-0.3, -0.25) is 0 Å². The van der Waals surface area contributed by atoms with Crippen LogP contribution in [0.15, 0.2) is 30.3 Å². The zero-order valence-corrected chi connectivity index (χ0v) is 15.1. The van der Waals surface area contributed by atoms with Gasteiger partial charge < -0.3 is 16.9 Å². The number of unbranched alkanes of at least 4 members (excludes halogenated alkanes) is 2. The largest absolute Gasteiger partial charge is 0.399 e. The number of nitrogen functional groups attached to an aromatic ring is 2. The highest BCUT2D eigenvalue weighted by molar-refractivity contribution is 6.02. The van der Waals surface area contributed by atoms with Crippen LogP contribution in [-0.4, -0.2) is 5.71 Å². The van der Waals surface area contributed by atoms with Crippen molar-refractivity contribution < 1.29 is 0 Å². The van der Waals surface area contributed by atoms with Gasteiger partial charge in [-0.15, -0.1) is 0 Å². The van der Waals surface area contributed by atoms with Gasteiger partial charge in [0.1, 0.15) is 0 Å². The van der Waals surface area contributed by atoms with Crippen molar-refractivity contribution in [3.05, 3.63) is 58.1 Å². The zero-order chi connectivity index (χ0) is 17.7. The number of anilines is 2. The molecule has 0 bridgehead atoms. The van der Waals surface area contributed by atoms with Gasteiger partial charge in [0.15, 0.2) is 0 Å². The van der Waals surface area contributed by atoms with Gasteiger partial charge in [0.2, 0.25) is 0 Å². The van der Waals surface area contributed by atoms with E-state index in [1.165, 1.54) is 28.7 Å². The summed E-state index contributed by atoms with van der Waals surface area (Å²) in [6.07, 6.45) is 5.01. The summed E-state index contributed by atoms with van der Waals surface area (Å²) < 4.78 is 0. The maximum atomic E-state index is 8.34. The number of hydrogen-bond acceptors (Lipinski definition) is 3. The van der Waals surface area contributed by atoms with E-state index in [-0.39, 0.29) is 0 Å². The molecule has 2 aromatic carbocycles. The highest BCUT2D eigenvalue weighted by Gasteiger charge is 2.10. The summed E-state index contributed by atoms with van der Waals surface area (Å²) in [5.74, 6) is 0. The van der Waals surface area contributed by atoms with E-state index in [0.717, 1.165) is 36.9 Å². The summed E-state index contributed by atoms with van der Waals surface area (Å²) in [4.78, 5) is 0. The monoisotopic (exact) mass is 323 g/mol. The second-order valence-corrected chi connectivity index (χ2v) is 6.67. The Labute approximate surface area is 145 Å². The number of benzene rings is 2. The lowest BCUT2D eigenvalue weighted by atomic mass is 9.93. The van der Waals surface area contributed by atoms with Crippen LogP contribution in [0.4, 0.5) is 11.4 Å². The van der Waals surface area contributed by atoms with E-state index < -0.39 is 0 Å². The second-order valence-electron chi connectivity index (χ2n) is 6.67. The van der Waals surface area contributed by atoms with Crippen LogP contribution in [0.2, 0.25) is 0 Å². The Bertz CT molecular complexity index is 709. The van der Waals surface area contributed by atoms with Gasteiger partial charge in [0, 0.05) is 22.6 Å². The van der Waals surface area contributed by atoms with Crippen molar-refractivity contribution in [2.45, 2.75) is 52.9 Å². The first-order chi connectivity index (χ1) is 11.4. The molecule has 0 fully saturated rings. The number of nitrogens with one attached hydrogen (secondary N) is 1. The quantitative estimate of drug-likeness (QED) is 0.381. The van der Waals surface area contributed by atoms with Gasteiger partial charge in [-0.25, -0.2) is 0 Å². The fourth-order valence-electron chi connectivity index (χ4n) is 3.17. The Morgan fingerprint density at radius 1 is 1.00 bits per heavy atom. The van der Waals surface area contributed by atoms with Crippen LogP contribution in [0.25, 0.3) is 0 Å². The standard InChI is InChI=1S/C21H29N3/c1-4-5-6-7-20(23)19-13-16(8-9-21(19)24)12-18-14(2)10-17(22)11-15(18)3/h8-11,13,23H,4-7,12,22,24H2,1-3H3. The molecule has 0 heterocycles. The molecule has 2 aromatic rings. The first-order valence-corrected chi connectivity index (χ1v) is 8.74. The molecule has 0 unspecified atom stereocenters. The normalized spacial score (nSPS) is 10.8. The van der Waals surface area contributed by atoms with Gasteiger partial charge in [-0.1, -0.05) is 25.8 Å². The van der Waals surface area contributed by atoms with Crippen LogP contribution in [0.1, 0.15) is 60.4 Å². The topological polar surface area (TPSA) is 75.9 Å². The van der Waals surface area contributed by atoms with Crippen LogP contribution in [0.3, 0.4) is 0 Å². The van der Waals surface area contributed by atoms with Crippen LogP contribution in [0, 0.1) is 19.3 Å². The van der Waals surface area contributed by atoms with E-state index in [4.69, 9.17) is 16.9 Å². The summed E-state index contributed by atoms with van der Waals surface area (Å²) in [7, 11) is 0. The molecule has 0 saturated heterocycles. The van der Waals surface area contributed by atoms with Gasteiger partial charge in [-0.05, 0) is 79.6 Å². The average Bonchev–Trinajstić information content (AvgIpc) is 2.52. The minimum absolute atomic E-state index is 0.647. The predicted octanol–water partition coefficient (Wildman–Crippen LogP) is 5.01. The lowest BCUT2D eigenvalue weighted by Crippen LogP contribution is -2.06.